The van der Waals surface area contributed by atoms with Gasteiger partial charge < -0.3 is 15.5 Å². The van der Waals surface area contributed by atoms with Gasteiger partial charge in [-0.2, -0.15) is 0 Å². The molecule has 1 rings (SSSR count). The molecule has 1 heterocycles. The number of carbonyl (C=O) groups excluding carboxylic acids is 2. The maximum absolute atomic E-state index is 11.7. The minimum atomic E-state index is -0.0508. The molecule has 2 amide bonds. The van der Waals surface area contributed by atoms with Gasteiger partial charge in [0.1, 0.15) is 0 Å². The lowest BCUT2D eigenvalue weighted by Gasteiger charge is -2.34. The summed E-state index contributed by atoms with van der Waals surface area (Å²) >= 11 is 0. The summed E-state index contributed by atoms with van der Waals surface area (Å²) in [6.45, 7) is 4.95. The van der Waals surface area contributed by atoms with Crippen LogP contribution in [0.5, 0.6) is 0 Å². The fraction of sp³-hybridized carbons (Fsp3) is 0.818. The van der Waals surface area contributed by atoms with Gasteiger partial charge in [-0.15, -0.1) is 0 Å². The van der Waals surface area contributed by atoms with Gasteiger partial charge in [0.25, 0.3) is 0 Å². The van der Waals surface area contributed by atoms with Gasteiger partial charge in [-0.3, -0.25) is 9.59 Å². The molecule has 0 aromatic heterocycles. The van der Waals surface area contributed by atoms with Gasteiger partial charge in [0.05, 0.1) is 13.1 Å². The van der Waals surface area contributed by atoms with Crippen molar-refractivity contribution in [2.45, 2.75) is 26.3 Å². The van der Waals surface area contributed by atoms with Gasteiger partial charge in [-0.05, 0) is 5.92 Å². The molecule has 0 aromatic rings. The van der Waals surface area contributed by atoms with Crippen molar-refractivity contribution in [3.05, 3.63) is 0 Å². The number of carbonyl (C=O) groups is 2. The summed E-state index contributed by atoms with van der Waals surface area (Å²) in [6, 6.07) is -0.0508. The largest absolute Gasteiger partial charge is 0.335 e. The first-order valence-corrected chi connectivity index (χ1v) is 5.73. The Bertz CT molecular complexity index is 280. The number of nitrogens with two attached hydrogens (primary N) is 1. The zero-order valence-electron chi connectivity index (χ0n) is 10.3. The molecule has 5 nitrogen and oxygen atoms in total. The van der Waals surface area contributed by atoms with Crippen molar-refractivity contribution in [2.24, 2.45) is 11.7 Å². The molecule has 0 spiro atoms. The second-order valence-corrected chi connectivity index (χ2v) is 4.57. The molecule has 1 aliphatic heterocycles. The van der Waals surface area contributed by atoms with Gasteiger partial charge in [-0.25, -0.2) is 0 Å². The molecule has 1 fully saturated rings. The Morgan fingerprint density at radius 2 is 1.94 bits per heavy atom. The zero-order valence-corrected chi connectivity index (χ0v) is 10.3. The van der Waals surface area contributed by atoms with E-state index in [1.54, 1.807) is 11.9 Å². The van der Waals surface area contributed by atoms with Crippen LogP contribution in [0.15, 0.2) is 0 Å². The molecular weight excluding hydrogens is 206 g/mol. The molecule has 1 saturated heterocycles. The lowest BCUT2D eigenvalue weighted by molar-refractivity contribution is -0.149. The third kappa shape index (κ3) is 2.95. The molecule has 0 radical (unpaired) electrons. The summed E-state index contributed by atoms with van der Waals surface area (Å²) in [5, 5.41) is 0. The van der Waals surface area contributed by atoms with Gasteiger partial charge in [0.15, 0.2) is 0 Å². The van der Waals surface area contributed by atoms with E-state index in [1.807, 2.05) is 0 Å². The molecule has 2 N–H and O–H groups in total. The normalized spacial score (nSPS) is 21.2. The molecule has 1 aliphatic rings. The summed E-state index contributed by atoms with van der Waals surface area (Å²) in [7, 11) is 1.65. The van der Waals surface area contributed by atoms with Crippen molar-refractivity contribution in [1.29, 1.82) is 0 Å². The fourth-order valence-corrected chi connectivity index (χ4v) is 1.67. The van der Waals surface area contributed by atoms with Crippen LogP contribution in [0, 0.1) is 5.92 Å². The lowest BCUT2D eigenvalue weighted by Crippen LogP contribution is -2.55. The Morgan fingerprint density at radius 1 is 1.31 bits per heavy atom. The van der Waals surface area contributed by atoms with Crippen molar-refractivity contribution in [3.8, 4) is 0 Å². The summed E-state index contributed by atoms with van der Waals surface area (Å²) < 4.78 is 0. The first kappa shape index (κ1) is 13.0. The SMILES string of the molecule is CCC(C)C(N)CN1CC(=O)N(C)CC1=O. The lowest BCUT2D eigenvalue weighted by atomic mass is 9.99. The standard InChI is InChI=1S/C11H21N3O2/c1-4-8(2)9(12)5-14-7-10(15)13(3)6-11(14)16/h8-9H,4-7,12H2,1-3H3. The molecule has 2 unspecified atom stereocenters. The third-order valence-corrected chi connectivity index (χ3v) is 3.28. The van der Waals surface area contributed by atoms with Crippen LogP contribution in [0.2, 0.25) is 0 Å². The highest BCUT2D eigenvalue weighted by molar-refractivity contribution is 5.92. The molecule has 92 valence electrons. The highest BCUT2D eigenvalue weighted by Gasteiger charge is 2.29. The second kappa shape index (κ2) is 5.30. The van der Waals surface area contributed by atoms with Crippen LogP contribution in [0.3, 0.4) is 0 Å². The fourth-order valence-electron chi connectivity index (χ4n) is 1.67. The van der Waals surface area contributed by atoms with Crippen LogP contribution < -0.4 is 5.73 Å². The van der Waals surface area contributed by atoms with Crippen molar-refractivity contribution in [1.82, 2.24) is 9.80 Å². The molecule has 0 bridgehead atoms. The second-order valence-electron chi connectivity index (χ2n) is 4.57. The maximum atomic E-state index is 11.7. The maximum Gasteiger partial charge on any atom is 0.242 e. The van der Waals surface area contributed by atoms with Crippen LogP contribution in [0.1, 0.15) is 20.3 Å². The van der Waals surface area contributed by atoms with Crippen LogP contribution in [-0.2, 0) is 9.59 Å². The Balaban J connectivity index is 2.54. The summed E-state index contributed by atoms with van der Waals surface area (Å²) in [5.41, 5.74) is 5.98. The molecule has 2 atom stereocenters. The van der Waals surface area contributed by atoms with E-state index < -0.39 is 0 Å². The number of amides is 2. The smallest absolute Gasteiger partial charge is 0.242 e. The summed E-state index contributed by atoms with van der Waals surface area (Å²) in [6.07, 6.45) is 0.983. The average molecular weight is 227 g/mol. The molecule has 0 aliphatic carbocycles. The molecule has 16 heavy (non-hydrogen) atoms. The topological polar surface area (TPSA) is 66.6 Å². The Labute approximate surface area is 96.6 Å². The highest BCUT2D eigenvalue weighted by Crippen LogP contribution is 2.09. The Morgan fingerprint density at radius 3 is 2.50 bits per heavy atom. The van der Waals surface area contributed by atoms with Crippen LogP contribution >= 0.6 is 0 Å². The van der Waals surface area contributed by atoms with Gasteiger partial charge in [0.2, 0.25) is 11.8 Å². The van der Waals surface area contributed by atoms with E-state index in [1.165, 1.54) is 4.90 Å². The van der Waals surface area contributed by atoms with Crippen LogP contribution in [-0.4, -0.2) is 54.3 Å². The predicted octanol–water partition coefficient (Wildman–Crippen LogP) is -0.340. The highest BCUT2D eigenvalue weighted by atomic mass is 16.2. The number of hydrogen-bond acceptors (Lipinski definition) is 3. The number of nitrogens with zero attached hydrogens (tertiary/aromatic N) is 2. The van der Waals surface area contributed by atoms with Crippen molar-refractivity contribution in [3.63, 3.8) is 0 Å². The van der Waals surface area contributed by atoms with Gasteiger partial charge in [0, 0.05) is 19.6 Å². The van der Waals surface area contributed by atoms with E-state index in [-0.39, 0.29) is 30.9 Å². The van der Waals surface area contributed by atoms with Crippen LogP contribution in [0.25, 0.3) is 0 Å². The third-order valence-electron chi connectivity index (χ3n) is 3.28. The average Bonchev–Trinajstić information content (AvgIpc) is 2.24. The summed E-state index contributed by atoms with van der Waals surface area (Å²) in [5.74, 6) is 0.333. The van der Waals surface area contributed by atoms with Crippen molar-refractivity contribution in [2.75, 3.05) is 26.7 Å². The number of piperazine rings is 1. The predicted molar refractivity (Wildman–Crippen MR) is 61.6 cm³/mol. The number of hydrogen-bond donors (Lipinski definition) is 1. The van der Waals surface area contributed by atoms with Crippen LogP contribution in [0.4, 0.5) is 0 Å². The number of likely N-dealkylation sites (N-methyl/N-ethyl adjacent to an activating group) is 1. The molecule has 0 saturated carbocycles. The van der Waals surface area contributed by atoms with Crippen molar-refractivity contribution < 1.29 is 9.59 Å². The molecule has 5 heteroatoms. The first-order chi connectivity index (χ1) is 7.45. The Kier molecular flexibility index (Phi) is 4.29. The van der Waals surface area contributed by atoms with E-state index in [0.29, 0.717) is 12.5 Å². The summed E-state index contributed by atoms with van der Waals surface area (Å²) in [4.78, 5) is 26.2. The molecular formula is C11H21N3O2. The van der Waals surface area contributed by atoms with Crippen molar-refractivity contribution >= 4 is 11.8 Å². The van der Waals surface area contributed by atoms with E-state index in [4.69, 9.17) is 5.73 Å². The van der Waals surface area contributed by atoms with E-state index in [0.717, 1.165) is 6.42 Å². The zero-order chi connectivity index (χ0) is 12.3. The minimum absolute atomic E-state index is 0.0131. The van der Waals surface area contributed by atoms with Gasteiger partial charge in [-0.1, -0.05) is 20.3 Å². The number of rotatable bonds is 4. The van der Waals surface area contributed by atoms with E-state index in [9.17, 15) is 9.59 Å². The Hall–Kier alpha value is -1.10. The monoisotopic (exact) mass is 227 g/mol. The first-order valence-electron chi connectivity index (χ1n) is 5.73. The van der Waals surface area contributed by atoms with E-state index in [2.05, 4.69) is 13.8 Å². The van der Waals surface area contributed by atoms with Gasteiger partial charge >= 0.3 is 0 Å². The minimum Gasteiger partial charge on any atom is -0.335 e. The quantitative estimate of drug-likeness (QED) is 0.714. The molecule has 0 aromatic carbocycles. The van der Waals surface area contributed by atoms with E-state index >= 15 is 0 Å².